The maximum Gasteiger partial charge on any atom is 0.223 e. The Kier molecular flexibility index (Phi) is 2.88. The van der Waals surface area contributed by atoms with Crippen LogP contribution in [-0.2, 0) is 4.79 Å². The molecule has 0 radical (unpaired) electrons. The molecule has 0 spiro atoms. The highest BCUT2D eigenvalue weighted by molar-refractivity contribution is 7.13. The van der Waals surface area contributed by atoms with Gasteiger partial charge in [-0.15, -0.1) is 11.3 Å². The van der Waals surface area contributed by atoms with Crippen LogP contribution in [0, 0.1) is 6.92 Å². The van der Waals surface area contributed by atoms with Crippen molar-refractivity contribution in [2.24, 2.45) is 0 Å². The minimum atomic E-state index is 0.0102. The van der Waals surface area contributed by atoms with E-state index in [1.807, 2.05) is 19.1 Å². The molecule has 1 rings (SSSR count). The van der Waals surface area contributed by atoms with Crippen molar-refractivity contribution < 1.29 is 4.79 Å². The number of rotatable bonds is 2. The summed E-state index contributed by atoms with van der Waals surface area (Å²) in [6, 6.07) is 4.01. The number of carbonyl (C=O) groups is 1. The van der Waals surface area contributed by atoms with Crippen LogP contribution in [0.25, 0.3) is 5.70 Å². The third kappa shape index (κ3) is 2.18. The summed E-state index contributed by atoms with van der Waals surface area (Å²) in [7, 11) is 1.74. The quantitative estimate of drug-likeness (QED) is 0.710. The maximum absolute atomic E-state index is 11.0. The summed E-state index contributed by atoms with van der Waals surface area (Å²) in [5, 5.41) is 0. The average molecular weight is 195 g/mol. The molecule has 0 fully saturated rings. The molecule has 0 aliphatic carbocycles. The second kappa shape index (κ2) is 3.75. The first kappa shape index (κ1) is 9.99. The van der Waals surface area contributed by atoms with Crippen molar-refractivity contribution >= 4 is 22.9 Å². The van der Waals surface area contributed by atoms with Crippen molar-refractivity contribution in [2.45, 2.75) is 13.8 Å². The topological polar surface area (TPSA) is 20.3 Å². The second-order valence-corrected chi connectivity index (χ2v) is 4.22. The predicted molar refractivity (Wildman–Crippen MR) is 56.5 cm³/mol. The fourth-order valence-electron chi connectivity index (χ4n) is 0.945. The molecule has 1 amide bonds. The summed E-state index contributed by atoms with van der Waals surface area (Å²) in [4.78, 5) is 14.9. The Morgan fingerprint density at radius 2 is 2.15 bits per heavy atom. The molecule has 0 saturated carbocycles. The third-order valence-corrected chi connectivity index (χ3v) is 2.95. The van der Waals surface area contributed by atoms with E-state index in [4.69, 9.17) is 0 Å². The Morgan fingerprint density at radius 1 is 1.54 bits per heavy atom. The van der Waals surface area contributed by atoms with Gasteiger partial charge in [-0.1, -0.05) is 6.58 Å². The molecule has 0 N–H and O–H groups in total. The van der Waals surface area contributed by atoms with Crippen LogP contribution in [0.5, 0.6) is 0 Å². The molecular formula is C10H13NOS. The van der Waals surface area contributed by atoms with Crippen LogP contribution >= 0.6 is 11.3 Å². The van der Waals surface area contributed by atoms with E-state index >= 15 is 0 Å². The zero-order chi connectivity index (χ0) is 10.0. The van der Waals surface area contributed by atoms with Gasteiger partial charge in [0.2, 0.25) is 5.91 Å². The number of aryl methyl sites for hydroxylation is 1. The molecule has 1 aromatic rings. The van der Waals surface area contributed by atoms with Crippen LogP contribution in [-0.4, -0.2) is 17.9 Å². The van der Waals surface area contributed by atoms with Gasteiger partial charge < -0.3 is 4.90 Å². The molecule has 0 aliphatic heterocycles. The van der Waals surface area contributed by atoms with Gasteiger partial charge in [-0.05, 0) is 19.1 Å². The Hall–Kier alpha value is -1.09. The maximum atomic E-state index is 11.0. The highest BCUT2D eigenvalue weighted by Gasteiger charge is 2.09. The number of amides is 1. The van der Waals surface area contributed by atoms with Gasteiger partial charge in [0.05, 0.1) is 10.6 Å². The summed E-state index contributed by atoms with van der Waals surface area (Å²) >= 11 is 1.65. The van der Waals surface area contributed by atoms with Crippen LogP contribution in [0.4, 0.5) is 0 Å². The smallest absolute Gasteiger partial charge is 0.223 e. The van der Waals surface area contributed by atoms with E-state index in [0.29, 0.717) is 0 Å². The van der Waals surface area contributed by atoms with E-state index < -0.39 is 0 Å². The molecule has 0 unspecified atom stereocenters. The highest BCUT2D eigenvalue weighted by atomic mass is 32.1. The van der Waals surface area contributed by atoms with Crippen molar-refractivity contribution in [1.29, 1.82) is 0 Å². The largest absolute Gasteiger partial charge is 0.315 e. The minimum Gasteiger partial charge on any atom is -0.315 e. The van der Waals surface area contributed by atoms with Crippen molar-refractivity contribution in [2.75, 3.05) is 7.05 Å². The normalized spacial score (nSPS) is 9.77. The van der Waals surface area contributed by atoms with Gasteiger partial charge >= 0.3 is 0 Å². The van der Waals surface area contributed by atoms with Crippen LogP contribution < -0.4 is 0 Å². The van der Waals surface area contributed by atoms with Crippen molar-refractivity contribution in [3.05, 3.63) is 28.5 Å². The molecule has 0 bridgehead atoms. The van der Waals surface area contributed by atoms with E-state index in [9.17, 15) is 4.79 Å². The molecule has 0 aliphatic rings. The molecule has 0 atom stereocenters. The number of hydrogen-bond donors (Lipinski definition) is 0. The molecule has 13 heavy (non-hydrogen) atoms. The van der Waals surface area contributed by atoms with Gasteiger partial charge in [-0.25, -0.2) is 0 Å². The first-order valence-electron chi connectivity index (χ1n) is 4.02. The average Bonchev–Trinajstić information content (AvgIpc) is 2.49. The Balaban J connectivity index is 2.85. The van der Waals surface area contributed by atoms with E-state index in [1.54, 1.807) is 23.3 Å². The Morgan fingerprint density at radius 3 is 2.54 bits per heavy atom. The van der Waals surface area contributed by atoms with Gasteiger partial charge in [0.1, 0.15) is 0 Å². The first-order valence-corrected chi connectivity index (χ1v) is 4.84. The summed E-state index contributed by atoms with van der Waals surface area (Å²) < 4.78 is 0. The molecule has 0 saturated heterocycles. The predicted octanol–water partition coefficient (Wildman–Crippen LogP) is 2.51. The lowest BCUT2D eigenvalue weighted by molar-refractivity contribution is -0.124. The molecule has 1 heterocycles. The van der Waals surface area contributed by atoms with E-state index in [1.165, 1.54) is 11.8 Å². The minimum absolute atomic E-state index is 0.0102. The van der Waals surface area contributed by atoms with Crippen LogP contribution in [0.15, 0.2) is 18.7 Å². The number of carbonyl (C=O) groups excluding carboxylic acids is 1. The van der Waals surface area contributed by atoms with E-state index in [0.717, 1.165) is 10.6 Å². The standard InChI is InChI=1S/C10H13NOS/c1-7-5-6-10(13-7)8(2)11(4)9(3)12/h5-6H,2H2,1,3-4H3. The zero-order valence-corrected chi connectivity index (χ0v) is 8.94. The lowest BCUT2D eigenvalue weighted by Gasteiger charge is -2.16. The highest BCUT2D eigenvalue weighted by Crippen LogP contribution is 2.24. The summed E-state index contributed by atoms with van der Waals surface area (Å²) in [5.74, 6) is 0.0102. The van der Waals surface area contributed by atoms with Crippen molar-refractivity contribution in [3.8, 4) is 0 Å². The lowest BCUT2D eigenvalue weighted by Crippen LogP contribution is -2.20. The summed E-state index contributed by atoms with van der Waals surface area (Å²) in [5.41, 5.74) is 0.769. The second-order valence-electron chi connectivity index (χ2n) is 2.94. The molecule has 70 valence electrons. The summed E-state index contributed by atoms with van der Waals surface area (Å²) in [6.45, 7) is 7.45. The van der Waals surface area contributed by atoms with E-state index in [2.05, 4.69) is 6.58 Å². The molecular weight excluding hydrogens is 182 g/mol. The monoisotopic (exact) mass is 195 g/mol. The van der Waals surface area contributed by atoms with Gasteiger partial charge in [0.25, 0.3) is 0 Å². The van der Waals surface area contributed by atoms with Gasteiger partial charge in [0, 0.05) is 18.8 Å². The van der Waals surface area contributed by atoms with Gasteiger partial charge in [0.15, 0.2) is 0 Å². The molecule has 2 nitrogen and oxygen atoms in total. The SMILES string of the molecule is C=C(c1ccc(C)s1)N(C)C(C)=O. The van der Waals surface area contributed by atoms with Gasteiger partial charge in [-0.3, -0.25) is 4.79 Å². The molecule has 0 aromatic carbocycles. The van der Waals surface area contributed by atoms with Gasteiger partial charge in [-0.2, -0.15) is 0 Å². The Bertz CT molecular complexity index is 340. The number of thiophene rings is 1. The van der Waals surface area contributed by atoms with Crippen LogP contribution in [0.1, 0.15) is 16.7 Å². The summed E-state index contributed by atoms with van der Waals surface area (Å²) in [6.07, 6.45) is 0. The van der Waals surface area contributed by atoms with Crippen LogP contribution in [0.2, 0.25) is 0 Å². The molecule has 1 aromatic heterocycles. The zero-order valence-electron chi connectivity index (χ0n) is 8.13. The van der Waals surface area contributed by atoms with Crippen LogP contribution in [0.3, 0.4) is 0 Å². The van der Waals surface area contributed by atoms with Crippen molar-refractivity contribution in [3.63, 3.8) is 0 Å². The molecule has 3 heteroatoms. The lowest BCUT2D eigenvalue weighted by atomic mass is 10.3. The Labute approximate surface area is 82.5 Å². The third-order valence-electron chi connectivity index (χ3n) is 1.90. The fourth-order valence-corrected chi connectivity index (χ4v) is 1.82. The fraction of sp³-hybridized carbons (Fsp3) is 0.300. The number of hydrogen-bond acceptors (Lipinski definition) is 2. The van der Waals surface area contributed by atoms with Crippen molar-refractivity contribution in [1.82, 2.24) is 4.90 Å². The number of nitrogens with zero attached hydrogens (tertiary/aromatic N) is 1. The van der Waals surface area contributed by atoms with E-state index in [-0.39, 0.29) is 5.91 Å². The first-order chi connectivity index (χ1) is 6.02.